The molecule has 2 heteroatoms. The van der Waals surface area contributed by atoms with Crippen molar-refractivity contribution in [1.82, 2.24) is 5.32 Å². The van der Waals surface area contributed by atoms with Crippen LogP contribution in [0.15, 0.2) is 22.7 Å². The van der Waals surface area contributed by atoms with E-state index in [-0.39, 0.29) is 0 Å². The smallest absolute Gasteiger partial charge is 0.0320 e. The fourth-order valence-corrected chi connectivity index (χ4v) is 2.25. The normalized spacial score (nSPS) is 12.1. The Hall–Kier alpha value is -0.780. The lowest BCUT2D eigenvalue weighted by Crippen LogP contribution is -2.17. The van der Waals surface area contributed by atoms with Crippen LogP contribution in [0.25, 0.3) is 0 Å². The van der Waals surface area contributed by atoms with Gasteiger partial charge in [0.2, 0.25) is 0 Å². The summed E-state index contributed by atoms with van der Waals surface area (Å²) in [5.41, 5.74) is 2.66. The van der Waals surface area contributed by atoms with Crippen molar-refractivity contribution in [3.05, 3.63) is 33.8 Å². The average Bonchev–Trinajstić information content (AvgIpc) is 2.29. The van der Waals surface area contributed by atoms with Crippen LogP contribution in [0, 0.1) is 19.3 Å². The van der Waals surface area contributed by atoms with Crippen LogP contribution >= 0.6 is 15.9 Å². The van der Waals surface area contributed by atoms with Crippen molar-refractivity contribution in [2.75, 3.05) is 7.05 Å². The van der Waals surface area contributed by atoms with Crippen LogP contribution in [0.2, 0.25) is 0 Å². The number of halogens is 1. The molecule has 0 aliphatic heterocycles. The number of rotatable bonds is 5. The fourth-order valence-electron chi connectivity index (χ4n) is 1.87. The van der Waals surface area contributed by atoms with Crippen LogP contribution in [0.4, 0.5) is 0 Å². The number of nitrogens with one attached hydrogen (secondary N) is 1. The van der Waals surface area contributed by atoms with Gasteiger partial charge in [0.25, 0.3) is 0 Å². The van der Waals surface area contributed by atoms with Gasteiger partial charge in [0.1, 0.15) is 0 Å². The maximum absolute atomic E-state index is 5.27. The van der Waals surface area contributed by atoms with E-state index in [0.717, 1.165) is 19.3 Å². The highest BCUT2D eigenvalue weighted by Gasteiger charge is 2.12. The third-order valence-corrected chi connectivity index (χ3v) is 3.71. The van der Waals surface area contributed by atoms with Crippen LogP contribution in [-0.2, 0) is 0 Å². The molecule has 1 atom stereocenters. The summed E-state index contributed by atoms with van der Waals surface area (Å²) >= 11 is 3.57. The molecule has 0 spiro atoms. The first-order chi connectivity index (χ1) is 7.70. The lowest BCUT2D eigenvalue weighted by atomic mass is 9.97. The lowest BCUT2D eigenvalue weighted by Gasteiger charge is -2.19. The molecule has 1 rings (SSSR count). The molecule has 1 unspecified atom stereocenters. The van der Waals surface area contributed by atoms with Crippen molar-refractivity contribution in [3.8, 4) is 12.3 Å². The fraction of sp³-hybridized carbons (Fsp3) is 0.429. The van der Waals surface area contributed by atoms with Crippen LogP contribution in [0.5, 0.6) is 0 Å². The van der Waals surface area contributed by atoms with Gasteiger partial charge < -0.3 is 5.32 Å². The molecule has 1 aromatic rings. The topological polar surface area (TPSA) is 12.0 Å². The van der Waals surface area contributed by atoms with E-state index < -0.39 is 0 Å². The van der Waals surface area contributed by atoms with Gasteiger partial charge >= 0.3 is 0 Å². The molecule has 0 aromatic heterocycles. The summed E-state index contributed by atoms with van der Waals surface area (Å²) in [6, 6.07) is 6.73. The molecule has 0 aliphatic rings. The van der Waals surface area contributed by atoms with E-state index in [1.807, 2.05) is 7.05 Å². The molecular weight excluding hydrogens is 262 g/mol. The zero-order valence-electron chi connectivity index (χ0n) is 9.89. The first kappa shape index (κ1) is 13.3. The molecule has 0 heterocycles. The van der Waals surface area contributed by atoms with Crippen molar-refractivity contribution < 1.29 is 0 Å². The van der Waals surface area contributed by atoms with E-state index in [1.54, 1.807) is 0 Å². The zero-order chi connectivity index (χ0) is 12.0. The average molecular weight is 280 g/mol. The second kappa shape index (κ2) is 6.73. The Morgan fingerprint density at radius 3 is 2.88 bits per heavy atom. The molecular formula is C14H18BrN. The van der Waals surface area contributed by atoms with E-state index in [9.17, 15) is 0 Å². The molecule has 0 amide bonds. The molecule has 1 N–H and O–H groups in total. The van der Waals surface area contributed by atoms with Gasteiger partial charge in [-0.1, -0.05) is 28.1 Å². The van der Waals surface area contributed by atoms with Crippen LogP contribution < -0.4 is 5.32 Å². The summed E-state index contributed by atoms with van der Waals surface area (Å²) in [4.78, 5) is 0. The molecule has 16 heavy (non-hydrogen) atoms. The van der Waals surface area contributed by atoms with E-state index in [2.05, 4.69) is 52.3 Å². The zero-order valence-corrected chi connectivity index (χ0v) is 11.5. The summed E-state index contributed by atoms with van der Waals surface area (Å²) in [5.74, 6) is 2.69. The first-order valence-corrected chi connectivity index (χ1v) is 6.35. The van der Waals surface area contributed by atoms with Crippen molar-refractivity contribution in [3.63, 3.8) is 0 Å². The van der Waals surface area contributed by atoms with E-state index in [4.69, 9.17) is 6.42 Å². The highest BCUT2D eigenvalue weighted by molar-refractivity contribution is 9.10. The number of hydrogen-bond acceptors (Lipinski definition) is 1. The molecule has 0 fully saturated rings. The van der Waals surface area contributed by atoms with Gasteiger partial charge in [-0.15, -0.1) is 12.3 Å². The van der Waals surface area contributed by atoms with Gasteiger partial charge in [-0.3, -0.25) is 0 Å². The number of benzene rings is 1. The van der Waals surface area contributed by atoms with Gasteiger partial charge in [-0.05, 0) is 44.0 Å². The molecule has 0 bridgehead atoms. The maximum Gasteiger partial charge on any atom is 0.0320 e. The monoisotopic (exact) mass is 279 g/mol. The Morgan fingerprint density at radius 2 is 2.25 bits per heavy atom. The second-order valence-electron chi connectivity index (χ2n) is 3.89. The molecule has 86 valence electrons. The lowest BCUT2D eigenvalue weighted by molar-refractivity contribution is 0.529. The minimum absolute atomic E-state index is 0.394. The predicted molar refractivity (Wildman–Crippen MR) is 73.4 cm³/mol. The Kier molecular flexibility index (Phi) is 5.59. The Balaban J connectivity index is 2.79. The van der Waals surface area contributed by atoms with E-state index in [1.165, 1.54) is 15.6 Å². The molecule has 0 radical (unpaired) electrons. The number of unbranched alkanes of at least 4 members (excludes halogenated alkanes) is 1. The van der Waals surface area contributed by atoms with Gasteiger partial charge in [-0.2, -0.15) is 0 Å². The second-order valence-corrected chi connectivity index (χ2v) is 4.75. The maximum atomic E-state index is 5.27. The van der Waals surface area contributed by atoms with Crippen molar-refractivity contribution in [2.45, 2.75) is 32.2 Å². The summed E-state index contributed by atoms with van der Waals surface area (Å²) in [7, 11) is 2.00. The molecule has 1 nitrogen and oxygen atoms in total. The highest BCUT2D eigenvalue weighted by Crippen LogP contribution is 2.27. The standard InChI is InChI=1S/C14H18BrN/c1-4-5-6-10-14(16-3)12-8-7-9-13(15)11(12)2/h1,7-9,14,16H,5-6,10H2,2-3H3. The quantitative estimate of drug-likeness (QED) is 0.638. The SMILES string of the molecule is C#CCCCC(NC)c1cccc(Br)c1C. The number of terminal acetylenes is 1. The van der Waals surface area contributed by atoms with E-state index in [0.29, 0.717) is 6.04 Å². The summed E-state index contributed by atoms with van der Waals surface area (Å²) < 4.78 is 1.17. The van der Waals surface area contributed by atoms with Crippen LogP contribution in [0.3, 0.4) is 0 Å². The van der Waals surface area contributed by atoms with Gasteiger partial charge in [0.05, 0.1) is 0 Å². The Bertz CT molecular complexity index is 379. The minimum atomic E-state index is 0.394. The van der Waals surface area contributed by atoms with Crippen molar-refractivity contribution in [2.24, 2.45) is 0 Å². The summed E-state index contributed by atoms with van der Waals surface area (Å²) in [5, 5.41) is 3.36. The largest absolute Gasteiger partial charge is 0.313 e. The third-order valence-electron chi connectivity index (χ3n) is 2.85. The molecule has 0 saturated carbocycles. The molecule has 1 aromatic carbocycles. The Morgan fingerprint density at radius 1 is 1.50 bits per heavy atom. The Labute approximate surface area is 107 Å². The first-order valence-electron chi connectivity index (χ1n) is 5.56. The summed E-state index contributed by atoms with van der Waals surface area (Å²) in [6.45, 7) is 2.14. The van der Waals surface area contributed by atoms with Gasteiger partial charge in [-0.25, -0.2) is 0 Å². The minimum Gasteiger partial charge on any atom is -0.313 e. The van der Waals surface area contributed by atoms with E-state index >= 15 is 0 Å². The van der Waals surface area contributed by atoms with Crippen LogP contribution in [-0.4, -0.2) is 7.05 Å². The third kappa shape index (κ3) is 3.37. The van der Waals surface area contributed by atoms with Crippen LogP contribution in [0.1, 0.15) is 36.4 Å². The van der Waals surface area contributed by atoms with Gasteiger partial charge in [0, 0.05) is 16.9 Å². The van der Waals surface area contributed by atoms with Crippen molar-refractivity contribution >= 4 is 15.9 Å². The molecule has 0 saturated heterocycles. The highest BCUT2D eigenvalue weighted by atomic mass is 79.9. The molecule has 0 aliphatic carbocycles. The van der Waals surface area contributed by atoms with Crippen molar-refractivity contribution in [1.29, 1.82) is 0 Å². The predicted octanol–water partition coefficient (Wildman–Crippen LogP) is 3.82. The van der Waals surface area contributed by atoms with Gasteiger partial charge in [0.15, 0.2) is 0 Å². The summed E-state index contributed by atoms with van der Waals surface area (Å²) in [6.07, 6.45) is 8.27. The number of hydrogen-bond donors (Lipinski definition) is 1.